The highest BCUT2D eigenvalue weighted by atomic mass is 35.5. The van der Waals surface area contributed by atoms with Crippen molar-refractivity contribution in [2.45, 2.75) is 0 Å². The molecule has 2 aromatic heterocycles. The molecule has 0 saturated heterocycles. The van der Waals surface area contributed by atoms with Crippen LogP contribution in [-0.2, 0) is 0 Å². The van der Waals surface area contributed by atoms with Crippen molar-refractivity contribution in [3.63, 3.8) is 0 Å². The number of pyridine rings is 1. The number of halogens is 1. The van der Waals surface area contributed by atoms with Crippen LogP contribution in [0.25, 0.3) is 10.9 Å². The summed E-state index contributed by atoms with van der Waals surface area (Å²) in [7, 11) is 0. The molecule has 4 heteroatoms. The molecule has 0 atom stereocenters. The van der Waals surface area contributed by atoms with Gasteiger partial charge in [0.05, 0.1) is 11.1 Å². The van der Waals surface area contributed by atoms with Crippen LogP contribution in [0.15, 0.2) is 18.5 Å². The molecule has 2 heterocycles. The topological polar surface area (TPSA) is 52.5 Å². The molecule has 1 N–H and O–H groups in total. The van der Waals surface area contributed by atoms with Crippen molar-refractivity contribution in [1.82, 2.24) is 9.97 Å². The Labute approximate surface area is 73.6 Å². The van der Waals surface area contributed by atoms with Crippen LogP contribution in [0.4, 0.5) is 0 Å². The fourth-order valence-electron chi connectivity index (χ4n) is 1.11. The first-order chi connectivity index (χ1) is 5.83. The lowest BCUT2D eigenvalue weighted by atomic mass is 10.2. The van der Waals surface area contributed by atoms with Crippen LogP contribution in [0.2, 0.25) is 5.15 Å². The highest BCUT2D eigenvalue weighted by Crippen LogP contribution is 2.22. The van der Waals surface area contributed by atoms with Gasteiger partial charge in [0.15, 0.2) is 5.15 Å². The first-order valence-corrected chi connectivity index (χ1v) is 3.72. The third-order valence-corrected chi connectivity index (χ3v) is 1.96. The van der Waals surface area contributed by atoms with Crippen LogP contribution >= 0.6 is 11.6 Å². The van der Waals surface area contributed by atoms with Gasteiger partial charge < -0.3 is 4.98 Å². The van der Waals surface area contributed by atoms with Gasteiger partial charge in [-0.15, -0.1) is 0 Å². The standard InChI is InChI=1S/C8H4ClN3/c9-8-7-6(1-2-11-8)5(3-10)4-12-7/h1-2,4,12H. The summed E-state index contributed by atoms with van der Waals surface area (Å²) in [5.41, 5.74) is 1.31. The largest absolute Gasteiger partial charge is 0.357 e. The summed E-state index contributed by atoms with van der Waals surface area (Å²) in [5.74, 6) is 0. The Kier molecular flexibility index (Phi) is 1.49. The normalized spacial score (nSPS) is 10.0. The van der Waals surface area contributed by atoms with Gasteiger partial charge in [0, 0.05) is 17.8 Å². The molecule has 0 unspecified atom stereocenters. The zero-order chi connectivity index (χ0) is 8.55. The number of nitrogens with one attached hydrogen (secondary N) is 1. The monoisotopic (exact) mass is 177 g/mol. The van der Waals surface area contributed by atoms with E-state index in [0.717, 1.165) is 10.9 Å². The second-order valence-electron chi connectivity index (χ2n) is 2.34. The minimum atomic E-state index is 0.397. The summed E-state index contributed by atoms with van der Waals surface area (Å²) >= 11 is 5.78. The van der Waals surface area contributed by atoms with Crippen molar-refractivity contribution in [2.75, 3.05) is 0 Å². The maximum absolute atomic E-state index is 8.68. The number of nitriles is 1. The van der Waals surface area contributed by atoms with Crippen molar-refractivity contribution in [1.29, 1.82) is 5.26 Å². The molecular weight excluding hydrogens is 174 g/mol. The van der Waals surface area contributed by atoms with Crippen LogP contribution in [0.1, 0.15) is 5.56 Å². The highest BCUT2D eigenvalue weighted by Gasteiger charge is 2.05. The molecule has 3 nitrogen and oxygen atoms in total. The van der Waals surface area contributed by atoms with Crippen LogP contribution in [0, 0.1) is 11.3 Å². The van der Waals surface area contributed by atoms with E-state index in [-0.39, 0.29) is 0 Å². The first kappa shape index (κ1) is 7.14. The molecule has 12 heavy (non-hydrogen) atoms. The van der Waals surface area contributed by atoms with Gasteiger partial charge in [0.2, 0.25) is 0 Å². The van der Waals surface area contributed by atoms with Crippen molar-refractivity contribution in [3.05, 3.63) is 29.2 Å². The predicted molar refractivity (Wildman–Crippen MR) is 45.8 cm³/mol. The Balaban J connectivity index is 2.91. The molecule has 0 fully saturated rings. The second kappa shape index (κ2) is 2.50. The summed E-state index contributed by atoms with van der Waals surface area (Å²) in [6.07, 6.45) is 3.21. The minimum absolute atomic E-state index is 0.397. The molecule has 0 amide bonds. The molecule has 0 saturated carbocycles. The number of nitrogens with zero attached hydrogens (tertiary/aromatic N) is 2. The second-order valence-corrected chi connectivity index (χ2v) is 2.70. The Morgan fingerprint density at radius 3 is 3.17 bits per heavy atom. The van der Waals surface area contributed by atoms with Crippen molar-refractivity contribution in [2.24, 2.45) is 0 Å². The van der Waals surface area contributed by atoms with E-state index in [1.807, 2.05) is 0 Å². The van der Waals surface area contributed by atoms with Crippen molar-refractivity contribution in [3.8, 4) is 6.07 Å². The summed E-state index contributed by atoms with van der Waals surface area (Å²) in [4.78, 5) is 6.77. The zero-order valence-corrected chi connectivity index (χ0v) is 6.76. The molecule has 2 rings (SSSR count). The third kappa shape index (κ3) is 0.858. The van der Waals surface area contributed by atoms with E-state index in [0.29, 0.717) is 10.7 Å². The smallest absolute Gasteiger partial charge is 0.153 e. The van der Waals surface area contributed by atoms with E-state index in [2.05, 4.69) is 16.0 Å². The molecule has 0 spiro atoms. The molecule has 58 valence electrons. The average Bonchev–Trinajstić information content (AvgIpc) is 2.49. The minimum Gasteiger partial charge on any atom is -0.357 e. The highest BCUT2D eigenvalue weighted by molar-refractivity contribution is 6.33. The van der Waals surface area contributed by atoms with E-state index in [4.69, 9.17) is 16.9 Å². The van der Waals surface area contributed by atoms with Gasteiger partial charge in [-0.1, -0.05) is 11.6 Å². The van der Waals surface area contributed by atoms with E-state index in [9.17, 15) is 0 Å². The van der Waals surface area contributed by atoms with Crippen LogP contribution in [0.5, 0.6) is 0 Å². The summed E-state index contributed by atoms with van der Waals surface area (Å²) < 4.78 is 0. The fraction of sp³-hybridized carbons (Fsp3) is 0. The fourth-order valence-corrected chi connectivity index (χ4v) is 1.33. The number of fused-ring (bicyclic) bond motifs is 1. The molecule has 0 aliphatic rings. The number of aromatic nitrogens is 2. The lowest BCUT2D eigenvalue weighted by Gasteiger charge is -1.90. The third-order valence-electron chi connectivity index (χ3n) is 1.68. The van der Waals surface area contributed by atoms with Gasteiger partial charge in [-0.3, -0.25) is 0 Å². The number of H-pyrrole nitrogens is 1. The number of hydrogen-bond acceptors (Lipinski definition) is 2. The Hall–Kier alpha value is -1.53. The van der Waals surface area contributed by atoms with E-state index in [1.54, 1.807) is 18.5 Å². The molecule has 0 bridgehead atoms. The summed E-state index contributed by atoms with van der Waals surface area (Å²) in [6, 6.07) is 3.82. The molecule has 0 aliphatic heterocycles. The maximum Gasteiger partial charge on any atom is 0.153 e. The molecular formula is C8H4ClN3. The molecule has 0 radical (unpaired) electrons. The van der Waals surface area contributed by atoms with Gasteiger partial charge in [0.25, 0.3) is 0 Å². The van der Waals surface area contributed by atoms with Crippen molar-refractivity contribution < 1.29 is 0 Å². The lowest BCUT2D eigenvalue weighted by molar-refractivity contribution is 1.34. The molecule has 0 aliphatic carbocycles. The van der Waals surface area contributed by atoms with Crippen LogP contribution in [-0.4, -0.2) is 9.97 Å². The molecule has 0 aromatic carbocycles. The maximum atomic E-state index is 8.68. The van der Waals surface area contributed by atoms with E-state index in [1.165, 1.54) is 0 Å². The SMILES string of the molecule is N#Cc1c[nH]c2c(Cl)nccc12. The number of aromatic amines is 1. The Morgan fingerprint density at radius 2 is 2.42 bits per heavy atom. The van der Waals surface area contributed by atoms with Crippen LogP contribution < -0.4 is 0 Å². The Bertz CT molecular complexity index is 467. The lowest BCUT2D eigenvalue weighted by Crippen LogP contribution is -1.75. The van der Waals surface area contributed by atoms with Gasteiger partial charge >= 0.3 is 0 Å². The Morgan fingerprint density at radius 1 is 1.58 bits per heavy atom. The number of hydrogen-bond donors (Lipinski definition) is 1. The van der Waals surface area contributed by atoms with Crippen molar-refractivity contribution >= 4 is 22.5 Å². The summed E-state index contributed by atoms with van der Waals surface area (Å²) in [6.45, 7) is 0. The van der Waals surface area contributed by atoms with Gasteiger partial charge in [-0.2, -0.15) is 5.26 Å². The van der Waals surface area contributed by atoms with E-state index < -0.39 is 0 Å². The van der Waals surface area contributed by atoms with Gasteiger partial charge in [0.1, 0.15) is 6.07 Å². The number of rotatable bonds is 0. The zero-order valence-electron chi connectivity index (χ0n) is 6.00. The predicted octanol–water partition coefficient (Wildman–Crippen LogP) is 2.09. The van der Waals surface area contributed by atoms with E-state index >= 15 is 0 Å². The quantitative estimate of drug-likeness (QED) is 0.627. The average molecular weight is 178 g/mol. The molecule has 2 aromatic rings. The van der Waals surface area contributed by atoms with Gasteiger partial charge in [-0.05, 0) is 6.07 Å². The summed E-state index contributed by atoms with van der Waals surface area (Å²) in [5, 5.41) is 9.90. The first-order valence-electron chi connectivity index (χ1n) is 3.34. The van der Waals surface area contributed by atoms with Gasteiger partial charge in [-0.25, -0.2) is 4.98 Å². The van der Waals surface area contributed by atoms with Crippen LogP contribution in [0.3, 0.4) is 0 Å².